The molecule has 1 aromatic carbocycles. The van der Waals surface area contributed by atoms with E-state index in [-0.39, 0.29) is 12.6 Å². The van der Waals surface area contributed by atoms with Crippen LogP contribution in [0.3, 0.4) is 0 Å². The number of amides is 1. The van der Waals surface area contributed by atoms with Crippen molar-refractivity contribution < 1.29 is 18.0 Å². The summed E-state index contributed by atoms with van der Waals surface area (Å²) >= 11 is 6.18. The Balaban J connectivity index is 2.01. The quantitative estimate of drug-likeness (QED) is 0.884. The summed E-state index contributed by atoms with van der Waals surface area (Å²) in [7, 11) is 0. The molecule has 1 atom stereocenters. The van der Waals surface area contributed by atoms with Crippen LogP contribution in [0.5, 0.6) is 0 Å². The standard InChI is InChI=1S/C14H17ClF3N3O/c15-11-4-2-1-3-10(11)12-7-19-5-6-21(12)8-13(22)20-9-14(16,17)18/h1-4,12,19H,5-9H2,(H,20,22). The zero-order valence-corrected chi connectivity index (χ0v) is 12.5. The van der Waals surface area contributed by atoms with E-state index in [9.17, 15) is 18.0 Å². The Bertz CT molecular complexity index is 524. The maximum atomic E-state index is 12.1. The van der Waals surface area contributed by atoms with E-state index in [0.717, 1.165) is 5.56 Å². The molecule has 1 aromatic rings. The van der Waals surface area contributed by atoms with Gasteiger partial charge in [-0.3, -0.25) is 9.69 Å². The first-order valence-electron chi connectivity index (χ1n) is 6.89. The molecular weight excluding hydrogens is 319 g/mol. The zero-order valence-electron chi connectivity index (χ0n) is 11.8. The fourth-order valence-corrected chi connectivity index (χ4v) is 2.69. The molecule has 0 saturated carbocycles. The van der Waals surface area contributed by atoms with Gasteiger partial charge < -0.3 is 10.6 Å². The Morgan fingerprint density at radius 1 is 1.41 bits per heavy atom. The number of hydrogen-bond acceptors (Lipinski definition) is 3. The molecule has 122 valence electrons. The number of nitrogens with zero attached hydrogens (tertiary/aromatic N) is 1. The summed E-state index contributed by atoms with van der Waals surface area (Å²) < 4.78 is 36.4. The number of halogens is 4. The van der Waals surface area contributed by atoms with Gasteiger partial charge in [0.05, 0.1) is 6.54 Å². The van der Waals surface area contributed by atoms with E-state index in [1.165, 1.54) is 0 Å². The Hall–Kier alpha value is -1.31. The number of benzene rings is 1. The van der Waals surface area contributed by atoms with Gasteiger partial charge in [0.25, 0.3) is 0 Å². The normalized spacial score (nSPS) is 19.9. The first kappa shape index (κ1) is 17.1. The highest BCUT2D eigenvalue weighted by atomic mass is 35.5. The van der Waals surface area contributed by atoms with Crippen molar-refractivity contribution in [1.29, 1.82) is 0 Å². The van der Waals surface area contributed by atoms with Crippen molar-refractivity contribution in [2.45, 2.75) is 12.2 Å². The van der Waals surface area contributed by atoms with Gasteiger partial charge in [0.1, 0.15) is 6.54 Å². The molecule has 1 saturated heterocycles. The molecule has 2 rings (SSSR count). The first-order valence-corrected chi connectivity index (χ1v) is 7.27. The molecule has 0 bridgehead atoms. The van der Waals surface area contributed by atoms with Crippen LogP contribution in [0, 0.1) is 0 Å². The molecule has 2 N–H and O–H groups in total. The minimum absolute atomic E-state index is 0.0896. The van der Waals surface area contributed by atoms with Gasteiger partial charge in [-0.05, 0) is 11.6 Å². The molecule has 22 heavy (non-hydrogen) atoms. The van der Waals surface area contributed by atoms with Gasteiger partial charge in [0, 0.05) is 30.7 Å². The van der Waals surface area contributed by atoms with Gasteiger partial charge in [0.15, 0.2) is 0 Å². The Kier molecular flexibility index (Phi) is 5.66. The van der Waals surface area contributed by atoms with Gasteiger partial charge in [-0.25, -0.2) is 0 Å². The van der Waals surface area contributed by atoms with E-state index in [4.69, 9.17) is 11.6 Å². The van der Waals surface area contributed by atoms with Gasteiger partial charge in [0.2, 0.25) is 5.91 Å². The van der Waals surface area contributed by atoms with Gasteiger partial charge in [-0.2, -0.15) is 13.2 Å². The second kappa shape index (κ2) is 7.30. The van der Waals surface area contributed by atoms with Crippen LogP contribution in [0.1, 0.15) is 11.6 Å². The van der Waals surface area contributed by atoms with E-state index < -0.39 is 18.6 Å². The van der Waals surface area contributed by atoms with E-state index in [1.54, 1.807) is 6.07 Å². The number of rotatable bonds is 4. The SMILES string of the molecule is O=C(CN1CCNCC1c1ccccc1Cl)NCC(F)(F)F. The Labute approximate surface area is 131 Å². The molecule has 1 aliphatic rings. The molecule has 0 aliphatic carbocycles. The molecule has 1 fully saturated rings. The number of carbonyl (C=O) groups is 1. The predicted octanol–water partition coefficient (Wildman–Crippen LogP) is 1.96. The third-order valence-corrected chi connectivity index (χ3v) is 3.80. The fraction of sp³-hybridized carbons (Fsp3) is 0.500. The zero-order chi connectivity index (χ0) is 16.2. The minimum atomic E-state index is -4.40. The minimum Gasteiger partial charge on any atom is -0.346 e. The number of nitrogens with one attached hydrogen (secondary N) is 2. The van der Waals surface area contributed by atoms with Crippen molar-refractivity contribution in [3.05, 3.63) is 34.9 Å². The second-order valence-electron chi connectivity index (χ2n) is 5.10. The van der Waals surface area contributed by atoms with Crippen molar-refractivity contribution >= 4 is 17.5 Å². The highest BCUT2D eigenvalue weighted by molar-refractivity contribution is 6.31. The first-order chi connectivity index (χ1) is 10.4. The highest BCUT2D eigenvalue weighted by Crippen LogP contribution is 2.28. The second-order valence-corrected chi connectivity index (χ2v) is 5.51. The van der Waals surface area contributed by atoms with Crippen molar-refractivity contribution in [1.82, 2.24) is 15.5 Å². The lowest BCUT2D eigenvalue weighted by atomic mass is 10.0. The summed E-state index contributed by atoms with van der Waals surface area (Å²) in [4.78, 5) is 13.6. The van der Waals surface area contributed by atoms with Crippen LogP contribution in [-0.4, -0.2) is 49.7 Å². The Morgan fingerprint density at radius 3 is 2.82 bits per heavy atom. The maximum Gasteiger partial charge on any atom is 0.405 e. The summed E-state index contributed by atoms with van der Waals surface area (Å²) in [6.07, 6.45) is -4.40. The molecule has 0 radical (unpaired) electrons. The smallest absolute Gasteiger partial charge is 0.346 e. The van der Waals surface area contributed by atoms with E-state index in [2.05, 4.69) is 5.32 Å². The van der Waals surface area contributed by atoms with Gasteiger partial charge in [-0.1, -0.05) is 29.8 Å². The van der Waals surface area contributed by atoms with Crippen molar-refractivity contribution in [3.63, 3.8) is 0 Å². The average molecular weight is 336 g/mol. The summed E-state index contributed by atoms with van der Waals surface area (Å²) in [6, 6.07) is 7.13. The van der Waals surface area contributed by atoms with Crippen molar-refractivity contribution in [2.24, 2.45) is 0 Å². The van der Waals surface area contributed by atoms with Gasteiger partial charge >= 0.3 is 6.18 Å². The molecular formula is C14H17ClF3N3O. The molecule has 1 unspecified atom stereocenters. The van der Waals surface area contributed by atoms with Crippen LogP contribution in [0.2, 0.25) is 5.02 Å². The molecule has 1 amide bonds. The topological polar surface area (TPSA) is 44.4 Å². The third kappa shape index (κ3) is 4.86. The monoisotopic (exact) mass is 335 g/mol. The number of alkyl halides is 3. The third-order valence-electron chi connectivity index (χ3n) is 3.45. The molecule has 1 heterocycles. The molecule has 0 aromatic heterocycles. The largest absolute Gasteiger partial charge is 0.405 e. The Morgan fingerprint density at radius 2 is 2.14 bits per heavy atom. The summed E-state index contributed by atoms with van der Waals surface area (Å²) in [6.45, 7) is 0.432. The van der Waals surface area contributed by atoms with Crippen molar-refractivity contribution in [3.8, 4) is 0 Å². The summed E-state index contributed by atoms with van der Waals surface area (Å²) in [5.41, 5.74) is 0.861. The van der Waals surface area contributed by atoms with Crippen LogP contribution < -0.4 is 10.6 Å². The van der Waals surface area contributed by atoms with Crippen LogP contribution >= 0.6 is 11.6 Å². The maximum absolute atomic E-state index is 12.1. The van der Waals surface area contributed by atoms with Crippen LogP contribution in [0.25, 0.3) is 0 Å². The lowest BCUT2D eigenvalue weighted by Gasteiger charge is -2.36. The van der Waals surface area contributed by atoms with Crippen molar-refractivity contribution in [2.75, 3.05) is 32.7 Å². The summed E-state index contributed by atoms with van der Waals surface area (Å²) in [5, 5.41) is 5.69. The molecule has 8 heteroatoms. The van der Waals surface area contributed by atoms with Crippen LogP contribution in [0.15, 0.2) is 24.3 Å². The number of piperazine rings is 1. The summed E-state index contributed by atoms with van der Waals surface area (Å²) in [5.74, 6) is -0.642. The fourth-order valence-electron chi connectivity index (χ4n) is 2.43. The number of carbonyl (C=O) groups excluding carboxylic acids is 1. The average Bonchev–Trinajstić information content (AvgIpc) is 2.46. The van der Waals surface area contributed by atoms with E-state index in [1.807, 2.05) is 28.4 Å². The molecule has 4 nitrogen and oxygen atoms in total. The van der Waals surface area contributed by atoms with E-state index >= 15 is 0 Å². The molecule has 1 aliphatic heterocycles. The van der Waals surface area contributed by atoms with Gasteiger partial charge in [-0.15, -0.1) is 0 Å². The predicted molar refractivity (Wildman–Crippen MR) is 77.7 cm³/mol. The van der Waals surface area contributed by atoms with Crippen LogP contribution in [-0.2, 0) is 4.79 Å². The van der Waals surface area contributed by atoms with E-state index in [0.29, 0.717) is 24.7 Å². The number of hydrogen-bond donors (Lipinski definition) is 2. The highest BCUT2D eigenvalue weighted by Gasteiger charge is 2.30. The lowest BCUT2D eigenvalue weighted by Crippen LogP contribution is -2.50. The molecule has 0 spiro atoms. The lowest BCUT2D eigenvalue weighted by molar-refractivity contribution is -0.139. The van der Waals surface area contributed by atoms with Crippen LogP contribution in [0.4, 0.5) is 13.2 Å².